The van der Waals surface area contributed by atoms with Gasteiger partial charge in [-0.25, -0.2) is 13.1 Å². The van der Waals surface area contributed by atoms with Crippen molar-refractivity contribution in [2.75, 3.05) is 39.8 Å². The van der Waals surface area contributed by atoms with Gasteiger partial charge >= 0.3 is 0 Å². The summed E-state index contributed by atoms with van der Waals surface area (Å²) in [6, 6.07) is 7.82. The third-order valence-electron chi connectivity index (χ3n) is 6.38. The lowest BCUT2D eigenvalue weighted by Gasteiger charge is -2.34. The van der Waals surface area contributed by atoms with E-state index >= 15 is 0 Å². The zero-order valence-electron chi connectivity index (χ0n) is 18.4. The minimum Gasteiger partial charge on any atom is -0.344 e. The Morgan fingerprint density at radius 1 is 1.03 bits per heavy atom. The van der Waals surface area contributed by atoms with Crippen molar-refractivity contribution < 1.29 is 18.0 Å². The number of sulfonamides is 1. The molecular weight excluding hydrogens is 416 g/mol. The van der Waals surface area contributed by atoms with Crippen molar-refractivity contribution in [2.24, 2.45) is 11.8 Å². The van der Waals surface area contributed by atoms with Crippen LogP contribution < -0.4 is 10.0 Å². The fourth-order valence-corrected chi connectivity index (χ4v) is 5.37. The molecule has 1 aromatic rings. The van der Waals surface area contributed by atoms with Crippen molar-refractivity contribution in [3.05, 3.63) is 30.3 Å². The van der Waals surface area contributed by atoms with Crippen LogP contribution in [0.5, 0.6) is 0 Å². The zero-order chi connectivity index (χ0) is 22.4. The molecule has 2 N–H and O–H groups in total. The Bertz CT molecular complexity index is 846. The van der Waals surface area contributed by atoms with Gasteiger partial charge in [-0.15, -0.1) is 0 Å². The van der Waals surface area contributed by atoms with Crippen LogP contribution in [-0.2, 0) is 19.6 Å². The molecule has 31 heavy (non-hydrogen) atoms. The molecule has 1 aromatic carbocycles. The van der Waals surface area contributed by atoms with E-state index in [0.717, 1.165) is 25.9 Å². The summed E-state index contributed by atoms with van der Waals surface area (Å²) in [5.41, 5.74) is 0. The summed E-state index contributed by atoms with van der Waals surface area (Å²) in [4.78, 5) is 29.5. The smallest absolute Gasteiger partial charge is 0.244 e. The first-order valence-electron chi connectivity index (χ1n) is 11.1. The molecule has 0 aromatic heterocycles. The number of carbonyl (C=O) groups is 2. The Labute approximate surface area is 185 Å². The lowest BCUT2D eigenvalue weighted by Crippen LogP contribution is -2.54. The SMILES string of the molecule is CC(NC(=O)C1CCC(CNS(=O)(=O)c2ccccc2)CC1)C(=O)N1CCN(C)CC1. The van der Waals surface area contributed by atoms with Gasteiger partial charge in [0.2, 0.25) is 21.8 Å². The molecule has 1 heterocycles. The van der Waals surface area contributed by atoms with Crippen molar-refractivity contribution in [1.82, 2.24) is 19.8 Å². The zero-order valence-corrected chi connectivity index (χ0v) is 19.2. The van der Waals surface area contributed by atoms with Crippen LogP contribution in [-0.4, -0.2) is 75.8 Å². The van der Waals surface area contributed by atoms with Crippen molar-refractivity contribution in [3.8, 4) is 0 Å². The topological polar surface area (TPSA) is 98.8 Å². The fourth-order valence-electron chi connectivity index (χ4n) is 4.23. The first-order valence-corrected chi connectivity index (χ1v) is 12.6. The molecule has 0 bridgehead atoms. The molecule has 1 saturated heterocycles. The number of amides is 2. The molecule has 1 aliphatic carbocycles. The number of nitrogens with one attached hydrogen (secondary N) is 2. The van der Waals surface area contributed by atoms with E-state index in [4.69, 9.17) is 0 Å². The van der Waals surface area contributed by atoms with Gasteiger partial charge in [0.05, 0.1) is 4.90 Å². The molecule has 172 valence electrons. The number of hydrogen-bond donors (Lipinski definition) is 2. The maximum Gasteiger partial charge on any atom is 0.244 e. The second kappa shape index (κ2) is 10.6. The van der Waals surface area contributed by atoms with E-state index in [1.54, 1.807) is 37.3 Å². The summed E-state index contributed by atoms with van der Waals surface area (Å²) in [5, 5.41) is 2.90. The molecular formula is C22H34N4O4S. The van der Waals surface area contributed by atoms with Crippen LogP contribution in [0.2, 0.25) is 0 Å². The molecule has 1 unspecified atom stereocenters. The molecule has 1 atom stereocenters. The summed E-state index contributed by atoms with van der Waals surface area (Å²) in [7, 11) is -1.47. The predicted octanol–water partition coefficient (Wildman–Crippen LogP) is 1.05. The molecule has 1 aliphatic heterocycles. The Hall–Kier alpha value is -1.97. The van der Waals surface area contributed by atoms with E-state index in [1.807, 2.05) is 11.9 Å². The normalized spacial score (nSPS) is 23.9. The molecule has 8 nitrogen and oxygen atoms in total. The lowest BCUT2D eigenvalue weighted by atomic mass is 9.81. The maximum absolute atomic E-state index is 12.7. The molecule has 9 heteroatoms. The molecule has 3 rings (SSSR count). The molecule has 2 amide bonds. The van der Waals surface area contributed by atoms with Gasteiger partial charge in [-0.2, -0.15) is 0 Å². The van der Waals surface area contributed by atoms with E-state index in [2.05, 4.69) is 14.9 Å². The van der Waals surface area contributed by atoms with Crippen LogP contribution in [0, 0.1) is 11.8 Å². The molecule has 2 aliphatic rings. The lowest BCUT2D eigenvalue weighted by molar-refractivity contribution is -0.138. The standard InChI is InChI=1S/C22H34N4O4S/c1-17(22(28)26-14-12-25(2)13-15-26)24-21(27)19-10-8-18(9-11-19)16-23-31(29,30)20-6-4-3-5-7-20/h3-7,17-19,23H,8-16H2,1-2H3,(H,24,27). The number of piperazine rings is 1. The maximum atomic E-state index is 12.7. The summed E-state index contributed by atoms with van der Waals surface area (Å²) in [5.74, 6) is 0.000371. The van der Waals surface area contributed by atoms with Gasteiger partial charge in [0.15, 0.2) is 0 Å². The Morgan fingerprint density at radius 2 is 1.65 bits per heavy atom. The first-order chi connectivity index (χ1) is 14.8. The van der Waals surface area contributed by atoms with Gasteiger partial charge in [-0.05, 0) is 57.7 Å². The Kier molecular flexibility index (Phi) is 8.07. The highest BCUT2D eigenvalue weighted by atomic mass is 32.2. The van der Waals surface area contributed by atoms with Gasteiger partial charge in [-0.3, -0.25) is 9.59 Å². The Morgan fingerprint density at radius 3 is 2.26 bits per heavy atom. The molecule has 0 spiro atoms. The average Bonchev–Trinajstić information content (AvgIpc) is 2.78. The summed E-state index contributed by atoms with van der Waals surface area (Å²) in [6.45, 7) is 5.22. The fraction of sp³-hybridized carbons (Fsp3) is 0.636. The third kappa shape index (κ3) is 6.51. The molecule has 0 radical (unpaired) electrons. The minimum atomic E-state index is -3.50. The number of carbonyl (C=O) groups excluding carboxylic acids is 2. The summed E-state index contributed by atoms with van der Waals surface area (Å²) in [6.07, 6.45) is 2.99. The average molecular weight is 451 g/mol. The van der Waals surface area contributed by atoms with Crippen LogP contribution in [0.15, 0.2) is 35.2 Å². The van der Waals surface area contributed by atoms with Gasteiger partial charge < -0.3 is 15.1 Å². The van der Waals surface area contributed by atoms with Gasteiger partial charge in [0.1, 0.15) is 6.04 Å². The van der Waals surface area contributed by atoms with Crippen LogP contribution in [0.3, 0.4) is 0 Å². The van der Waals surface area contributed by atoms with Crippen molar-refractivity contribution in [3.63, 3.8) is 0 Å². The second-order valence-corrected chi connectivity index (χ2v) is 10.5. The van der Waals surface area contributed by atoms with Crippen molar-refractivity contribution in [2.45, 2.75) is 43.5 Å². The third-order valence-corrected chi connectivity index (χ3v) is 7.82. The van der Waals surface area contributed by atoms with Crippen molar-refractivity contribution in [1.29, 1.82) is 0 Å². The van der Waals surface area contributed by atoms with E-state index in [9.17, 15) is 18.0 Å². The largest absolute Gasteiger partial charge is 0.344 e. The van der Waals surface area contributed by atoms with E-state index in [1.165, 1.54) is 0 Å². The van der Waals surface area contributed by atoms with Gasteiger partial charge in [0, 0.05) is 38.6 Å². The van der Waals surface area contributed by atoms with E-state index < -0.39 is 16.1 Å². The summed E-state index contributed by atoms with van der Waals surface area (Å²) >= 11 is 0. The molecule has 2 fully saturated rings. The number of hydrogen-bond acceptors (Lipinski definition) is 5. The number of nitrogens with zero attached hydrogens (tertiary/aromatic N) is 2. The Balaban J connectivity index is 1.41. The van der Waals surface area contributed by atoms with Gasteiger partial charge in [-0.1, -0.05) is 18.2 Å². The number of benzene rings is 1. The molecule has 1 saturated carbocycles. The van der Waals surface area contributed by atoms with Crippen LogP contribution >= 0.6 is 0 Å². The highest BCUT2D eigenvalue weighted by Crippen LogP contribution is 2.29. The number of likely N-dealkylation sites (N-methyl/N-ethyl adjacent to an activating group) is 1. The van der Waals surface area contributed by atoms with Crippen LogP contribution in [0.1, 0.15) is 32.6 Å². The highest BCUT2D eigenvalue weighted by molar-refractivity contribution is 7.89. The quantitative estimate of drug-likeness (QED) is 0.647. The second-order valence-electron chi connectivity index (χ2n) is 8.74. The van der Waals surface area contributed by atoms with Crippen molar-refractivity contribution >= 4 is 21.8 Å². The van der Waals surface area contributed by atoms with Gasteiger partial charge in [0.25, 0.3) is 0 Å². The van der Waals surface area contributed by atoms with Crippen LogP contribution in [0.4, 0.5) is 0 Å². The van der Waals surface area contributed by atoms with E-state index in [0.29, 0.717) is 32.5 Å². The van der Waals surface area contributed by atoms with Crippen LogP contribution in [0.25, 0.3) is 0 Å². The first kappa shape index (κ1) is 23.7. The minimum absolute atomic E-state index is 0.0227. The number of rotatable bonds is 7. The summed E-state index contributed by atoms with van der Waals surface area (Å²) < 4.78 is 27.4. The monoisotopic (exact) mass is 450 g/mol. The van der Waals surface area contributed by atoms with E-state index in [-0.39, 0.29) is 28.5 Å². The predicted molar refractivity (Wildman–Crippen MR) is 119 cm³/mol. The highest BCUT2D eigenvalue weighted by Gasteiger charge is 2.30.